The molecule has 0 fully saturated rings. The number of fused-ring (bicyclic) bond motifs is 1. The van der Waals surface area contributed by atoms with Crippen molar-refractivity contribution in [2.45, 2.75) is 13.3 Å². The van der Waals surface area contributed by atoms with E-state index < -0.39 is 5.97 Å². The molecular weight excluding hydrogens is 368 g/mol. The van der Waals surface area contributed by atoms with Gasteiger partial charge < -0.3 is 5.11 Å². The van der Waals surface area contributed by atoms with E-state index in [2.05, 4.69) is 15.9 Å². The first-order valence-corrected chi connectivity index (χ1v) is 8.30. The van der Waals surface area contributed by atoms with Crippen LogP contribution in [0.5, 0.6) is 0 Å². The summed E-state index contributed by atoms with van der Waals surface area (Å²) in [6.45, 7) is 1.82. The Bertz CT molecular complexity index is 897. The Morgan fingerprint density at radius 3 is 2.21 bits per heavy atom. The third-order valence-electron chi connectivity index (χ3n) is 4.12. The number of carbonyl (C=O) groups is 2. The van der Waals surface area contributed by atoms with Gasteiger partial charge in [-0.25, -0.2) is 0 Å². The van der Waals surface area contributed by atoms with Gasteiger partial charge in [-0.15, -0.1) is 0 Å². The number of hydrogen-bond acceptors (Lipinski definition) is 2. The molecule has 1 N–H and O–H groups in total. The van der Waals surface area contributed by atoms with Gasteiger partial charge in [-0.2, -0.15) is 0 Å². The lowest BCUT2D eigenvalue weighted by Gasteiger charge is -2.04. The number of aliphatic carboxylic acids is 1. The van der Waals surface area contributed by atoms with E-state index in [-0.39, 0.29) is 12.2 Å². The van der Waals surface area contributed by atoms with Gasteiger partial charge in [-0.05, 0) is 53.4 Å². The van der Waals surface area contributed by atoms with Crippen molar-refractivity contribution in [3.63, 3.8) is 0 Å². The Hall–Kier alpha value is -2.46. The van der Waals surface area contributed by atoms with Crippen LogP contribution in [-0.2, 0) is 11.2 Å². The lowest BCUT2D eigenvalue weighted by molar-refractivity contribution is -0.136. The van der Waals surface area contributed by atoms with Crippen molar-refractivity contribution in [1.29, 1.82) is 0 Å². The monoisotopic (exact) mass is 382 g/mol. The molecule has 0 amide bonds. The maximum Gasteiger partial charge on any atom is 0.307 e. The van der Waals surface area contributed by atoms with Crippen LogP contribution in [0.3, 0.4) is 0 Å². The maximum atomic E-state index is 13.0. The number of rotatable bonds is 4. The fraction of sp³-hybridized carbons (Fsp3) is 0.100. The largest absolute Gasteiger partial charge is 0.481 e. The number of halogens is 1. The molecule has 0 aliphatic heterocycles. The molecule has 0 bridgehead atoms. The second-order valence-corrected chi connectivity index (χ2v) is 6.54. The van der Waals surface area contributed by atoms with Gasteiger partial charge in [0.1, 0.15) is 0 Å². The molecule has 1 aromatic rings. The summed E-state index contributed by atoms with van der Waals surface area (Å²) < 4.78 is 0.904. The molecule has 0 heterocycles. The first-order valence-electron chi connectivity index (χ1n) is 7.51. The van der Waals surface area contributed by atoms with Crippen molar-refractivity contribution in [2.75, 3.05) is 0 Å². The molecule has 2 aliphatic rings. The molecule has 3 rings (SSSR count). The molecule has 0 unspecified atom stereocenters. The van der Waals surface area contributed by atoms with E-state index in [0.29, 0.717) is 16.7 Å². The Morgan fingerprint density at radius 1 is 0.958 bits per heavy atom. The van der Waals surface area contributed by atoms with E-state index in [1.807, 2.05) is 49.4 Å². The van der Waals surface area contributed by atoms with Crippen molar-refractivity contribution < 1.29 is 14.7 Å². The van der Waals surface area contributed by atoms with Crippen LogP contribution in [0.2, 0.25) is 0 Å². The van der Waals surface area contributed by atoms with E-state index in [1.54, 1.807) is 12.1 Å². The Kier molecular flexibility index (Phi) is 4.49. The quantitative estimate of drug-likeness (QED) is 0.664. The van der Waals surface area contributed by atoms with Crippen molar-refractivity contribution in [1.82, 2.24) is 0 Å². The normalized spacial score (nSPS) is 10.8. The summed E-state index contributed by atoms with van der Waals surface area (Å²) in [5, 5.41) is 9.22. The molecule has 1 aromatic carbocycles. The second kappa shape index (κ2) is 6.57. The van der Waals surface area contributed by atoms with E-state index in [0.717, 1.165) is 21.2 Å². The highest BCUT2D eigenvalue weighted by molar-refractivity contribution is 9.10. The third-order valence-corrected chi connectivity index (χ3v) is 4.65. The van der Waals surface area contributed by atoms with E-state index in [9.17, 15) is 14.7 Å². The number of carbonyl (C=O) groups excluding carboxylic acids is 1. The molecule has 0 spiro atoms. The minimum absolute atomic E-state index is 0.0900. The average molecular weight is 383 g/mol. The third kappa shape index (κ3) is 2.97. The minimum atomic E-state index is -0.904. The van der Waals surface area contributed by atoms with Gasteiger partial charge in [0.15, 0.2) is 5.78 Å². The SMILES string of the molecule is Cc1c(CC(=O)O)c2cccccc-2c1C(=O)c1ccc(Br)cc1. The lowest BCUT2D eigenvalue weighted by Crippen LogP contribution is -2.04. The zero-order valence-electron chi connectivity index (χ0n) is 13.0. The van der Waals surface area contributed by atoms with Crippen LogP contribution in [0.15, 0.2) is 59.1 Å². The summed E-state index contributed by atoms with van der Waals surface area (Å²) in [4.78, 5) is 24.3. The number of ketones is 1. The van der Waals surface area contributed by atoms with Crippen molar-refractivity contribution >= 4 is 27.7 Å². The second-order valence-electron chi connectivity index (χ2n) is 5.62. The molecule has 2 aliphatic carbocycles. The molecule has 0 atom stereocenters. The predicted molar refractivity (Wildman–Crippen MR) is 96.7 cm³/mol. The van der Waals surface area contributed by atoms with Gasteiger partial charge in [0.25, 0.3) is 0 Å². The van der Waals surface area contributed by atoms with E-state index >= 15 is 0 Å². The van der Waals surface area contributed by atoms with Crippen LogP contribution >= 0.6 is 15.9 Å². The number of carboxylic acids is 1. The molecule has 0 radical (unpaired) electrons. The van der Waals surface area contributed by atoms with Crippen LogP contribution in [0.25, 0.3) is 11.1 Å². The first-order chi connectivity index (χ1) is 11.5. The van der Waals surface area contributed by atoms with Crippen molar-refractivity contribution in [3.8, 4) is 11.1 Å². The molecular formula is C20H15BrO3. The Balaban J connectivity index is 2.21. The van der Waals surface area contributed by atoms with Crippen molar-refractivity contribution in [2.24, 2.45) is 0 Å². The zero-order valence-corrected chi connectivity index (χ0v) is 14.6. The summed E-state index contributed by atoms with van der Waals surface area (Å²) >= 11 is 3.37. The molecule has 3 nitrogen and oxygen atoms in total. The van der Waals surface area contributed by atoms with Crippen LogP contribution in [0.4, 0.5) is 0 Å². The van der Waals surface area contributed by atoms with Crippen molar-refractivity contribution in [3.05, 3.63) is 81.3 Å². The molecule has 0 saturated heterocycles. The summed E-state index contributed by atoms with van der Waals surface area (Å²) in [6, 6.07) is 16.5. The van der Waals surface area contributed by atoms with Gasteiger partial charge in [-0.3, -0.25) is 9.59 Å². The highest BCUT2D eigenvalue weighted by Gasteiger charge is 2.26. The predicted octanol–water partition coefficient (Wildman–Crippen LogP) is 4.72. The molecule has 0 saturated carbocycles. The fourth-order valence-corrected chi connectivity index (χ4v) is 3.26. The fourth-order valence-electron chi connectivity index (χ4n) is 3.00. The summed E-state index contributed by atoms with van der Waals surface area (Å²) in [5.74, 6) is -0.994. The highest BCUT2D eigenvalue weighted by atomic mass is 79.9. The van der Waals surface area contributed by atoms with Crippen LogP contribution < -0.4 is 0 Å². The van der Waals surface area contributed by atoms with Crippen LogP contribution in [0, 0.1) is 6.92 Å². The smallest absolute Gasteiger partial charge is 0.307 e. The van der Waals surface area contributed by atoms with E-state index in [1.165, 1.54) is 0 Å². The molecule has 120 valence electrons. The maximum absolute atomic E-state index is 13.0. The Morgan fingerprint density at radius 2 is 1.58 bits per heavy atom. The summed E-state index contributed by atoms with van der Waals surface area (Å²) in [5.41, 5.74) is 4.23. The zero-order chi connectivity index (χ0) is 17.3. The average Bonchev–Trinajstić information content (AvgIpc) is 2.70. The molecule has 4 heteroatoms. The van der Waals surface area contributed by atoms with Gasteiger partial charge in [0.05, 0.1) is 6.42 Å². The summed E-state index contributed by atoms with van der Waals surface area (Å²) in [6.07, 6.45) is -0.0973. The molecule has 0 aromatic heterocycles. The topological polar surface area (TPSA) is 54.4 Å². The van der Waals surface area contributed by atoms with E-state index in [4.69, 9.17) is 0 Å². The lowest BCUT2D eigenvalue weighted by atomic mass is 9.99. The van der Waals surface area contributed by atoms with Crippen LogP contribution in [-0.4, -0.2) is 16.9 Å². The van der Waals surface area contributed by atoms with Crippen LogP contribution in [0.1, 0.15) is 27.0 Å². The number of carboxylic acid groups (broad SMARTS) is 1. The highest BCUT2D eigenvalue weighted by Crippen LogP contribution is 2.37. The number of hydrogen-bond donors (Lipinski definition) is 1. The number of benzene rings is 1. The standard InChI is InChI=1S/C20H15BrO3/c1-12-17(11-18(22)23)15-5-3-2-4-6-16(15)19(12)20(24)13-7-9-14(21)10-8-13/h2-10H,11H2,1H3,(H,22,23). The minimum Gasteiger partial charge on any atom is -0.481 e. The van der Waals surface area contributed by atoms with Gasteiger partial charge in [-0.1, -0.05) is 46.3 Å². The first kappa shape index (κ1) is 16.4. The van der Waals surface area contributed by atoms with Gasteiger partial charge in [0, 0.05) is 15.6 Å². The molecule has 24 heavy (non-hydrogen) atoms. The Labute approximate surface area is 148 Å². The van der Waals surface area contributed by atoms with Gasteiger partial charge in [0.2, 0.25) is 0 Å². The summed E-state index contributed by atoms with van der Waals surface area (Å²) in [7, 11) is 0. The van der Waals surface area contributed by atoms with Gasteiger partial charge >= 0.3 is 5.97 Å².